The Morgan fingerprint density at radius 3 is 2.85 bits per heavy atom. The Bertz CT molecular complexity index is 475. The summed E-state index contributed by atoms with van der Waals surface area (Å²) < 4.78 is 5.55. The van der Waals surface area contributed by atoms with E-state index >= 15 is 0 Å². The average Bonchev–Trinajstić information content (AvgIpc) is 2.73. The maximum atomic E-state index is 12.2. The summed E-state index contributed by atoms with van der Waals surface area (Å²) >= 11 is 0. The van der Waals surface area contributed by atoms with Crippen molar-refractivity contribution in [2.45, 2.75) is 51.7 Å². The summed E-state index contributed by atoms with van der Waals surface area (Å²) in [4.78, 5) is 14.1. The molecule has 20 heavy (non-hydrogen) atoms. The summed E-state index contributed by atoms with van der Waals surface area (Å²) in [7, 11) is 0. The van der Waals surface area contributed by atoms with Gasteiger partial charge in [0.05, 0.1) is 12.6 Å². The lowest BCUT2D eigenvalue weighted by Crippen LogP contribution is -2.38. The van der Waals surface area contributed by atoms with Gasteiger partial charge in [0.1, 0.15) is 5.75 Å². The Balaban J connectivity index is 2.32. The van der Waals surface area contributed by atoms with Gasteiger partial charge < -0.3 is 15.4 Å². The molecule has 0 aromatic heterocycles. The normalized spacial score (nSPS) is 24.0. The fraction of sp³-hybridized carbons (Fsp3) is 0.562. The molecule has 1 aromatic carbocycles. The number of carbonyl (C=O) groups excluding carboxylic acids is 1. The zero-order valence-electron chi connectivity index (χ0n) is 12.5. The predicted molar refractivity (Wildman–Crippen MR) is 79.5 cm³/mol. The van der Waals surface area contributed by atoms with Crippen LogP contribution in [0, 0.1) is 0 Å². The van der Waals surface area contributed by atoms with Gasteiger partial charge in [-0.1, -0.05) is 19.1 Å². The summed E-state index contributed by atoms with van der Waals surface area (Å²) in [5, 5.41) is 0. The van der Waals surface area contributed by atoms with Crippen LogP contribution in [0.4, 0.5) is 0 Å². The molecule has 1 aromatic rings. The summed E-state index contributed by atoms with van der Waals surface area (Å²) in [6.45, 7) is 6.77. The highest BCUT2D eigenvalue weighted by molar-refractivity contribution is 5.80. The molecular weight excluding hydrogens is 252 g/mol. The van der Waals surface area contributed by atoms with E-state index in [2.05, 4.69) is 13.8 Å². The first-order valence-electron chi connectivity index (χ1n) is 7.38. The van der Waals surface area contributed by atoms with E-state index in [1.807, 2.05) is 36.1 Å². The monoisotopic (exact) mass is 276 g/mol. The Hall–Kier alpha value is -1.55. The van der Waals surface area contributed by atoms with Gasteiger partial charge in [-0.3, -0.25) is 4.79 Å². The molecule has 3 atom stereocenters. The van der Waals surface area contributed by atoms with Gasteiger partial charge in [0, 0.05) is 18.5 Å². The molecule has 0 radical (unpaired) electrons. The molecule has 0 spiro atoms. The standard InChI is InChI=1S/C16H24N2O2/c1-4-11(3)18-15(19)10-14(17)16(18)12-7-6-8-13(9-12)20-5-2/h6-9,11,14,16H,4-5,10,17H2,1-3H3. The highest BCUT2D eigenvalue weighted by atomic mass is 16.5. The van der Waals surface area contributed by atoms with Crippen molar-refractivity contribution >= 4 is 5.91 Å². The van der Waals surface area contributed by atoms with Crippen LogP contribution in [0.3, 0.4) is 0 Å². The maximum Gasteiger partial charge on any atom is 0.225 e. The van der Waals surface area contributed by atoms with E-state index in [0.717, 1.165) is 17.7 Å². The van der Waals surface area contributed by atoms with Crippen LogP contribution in [0.15, 0.2) is 24.3 Å². The number of carbonyl (C=O) groups is 1. The van der Waals surface area contributed by atoms with E-state index in [0.29, 0.717) is 13.0 Å². The molecule has 0 saturated carbocycles. The number of hydrogen-bond donors (Lipinski definition) is 1. The molecule has 1 saturated heterocycles. The van der Waals surface area contributed by atoms with Crippen molar-refractivity contribution in [3.8, 4) is 5.75 Å². The van der Waals surface area contributed by atoms with Crippen LogP contribution in [-0.2, 0) is 4.79 Å². The van der Waals surface area contributed by atoms with Crippen LogP contribution in [0.2, 0.25) is 0 Å². The van der Waals surface area contributed by atoms with Gasteiger partial charge in [0.25, 0.3) is 0 Å². The third-order valence-electron chi connectivity index (χ3n) is 3.98. The SMILES string of the molecule is CCOc1cccc(C2C(N)CC(=O)N2C(C)CC)c1. The first-order valence-corrected chi connectivity index (χ1v) is 7.38. The Morgan fingerprint density at radius 2 is 2.20 bits per heavy atom. The van der Waals surface area contributed by atoms with E-state index in [9.17, 15) is 4.79 Å². The van der Waals surface area contributed by atoms with E-state index in [1.165, 1.54) is 0 Å². The molecule has 4 nitrogen and oxygen atoms in total. The lowest BCUT2D eigenvalue weighted by Gasteiger charge is -2.32. The van der Waals surface area contributed by atoms with E-state index in [1.54, 1.807) is 0 Å². The Labute approximate surface area is 120 Å². The Kier molecular flexibility index (Phi) is 4.65. The number of benzene rings is 1. The molecule has 1 fully saturated rings. The van der Waals surface area contributed by atoms with Gasteiger partial charge >= 0.3 is 0 Å². The zero-order chi connectivity index (χ0) is 14.7. The quantitative estimate of drug-likeness (QED) is 0.899. The van der Waals surface area contributed by atoms with Gasteiger partial charge in [0.15, 0.2) is 0 Å². The lowest BCUT2D eigenvalue weighted by molar-refractivity contribution is -0.131. The lowest BCUT2D eigenvalue weighted by atomic mass is 9.99. The van der Waals surface area contributed by atoms with Gasteiger partial charge in [-0.05, 0) is 38.0 Å². The van der Waals surface area contributed by atoms with Gasteiger partial charge in [-0.15, -0.1) is 0 Å². The van der Waals surface area contributed by atoms with Gasteiger partial charge in [0.2, 0.25) is 5.91 Å². The van der Waals surface area contributed by atoms with Crippen molar-refractivity contribution in [2.24, 2.45) is 5.73 Å². The molecule has 1 heterocycles. The molecule has 1 aliphatic rings. The number of hydrogen-bond acceptors (Lipinski definition) is 3. The minimum absolute atomic E-state index is 0.0437. The number of amides is 1. The second-order valence-corrected chi connectivity index (χ2v) is 5.38. The molecule has 2 rings (SSSR count). The van der Waals surface area contributed by atoms with Crippen LogP contribution in [0.25, 0.3) is 0 Å². The number of nitrogens with two attached hydrogens (primary N) is 1. The fourth-order valence-corrected chi connectivity index (χ4v) is 2.86. The number of ether oxygens (including phenoxy) is 1. The maximum absolute atomic E-state index is 12.2. The van der Waals surface area contributed by atoms with Gasteiger partial charge in [-0.25, -0.2) is 0 Å². The molecule has 3 unspecified atom stereocenters. The van der Waals surface area contributed by atoms with Crippen LogP contribution in [-0.4, -0.2) is 29.5 Å². The van der Waals surface area contributed by atoms with Gasteiger partial charge in [-0.2, -0.15) is 0 Å². The van der Waals surface area contributed by atoms with Crippen molar-refractivity contribution < 1.29 is 9.53 Å². The number of rotatable bonds is 5. The predicted octanol–water partition coefficient (Wildman–Crippen LogP) is 2.48. The van der Waals surface area contributed by atoms with Crippen molar-refractivity contribution in [3.05, 3.63) is 29.8 Å². The van der Waals surface area contributed by atoms with E-state index < -0.39 is 0 Å². The molecule has 2 N–H and O–H groups in total. The topological polar surface area (TPSA) is 55.6 Å². The van der Waals surface area contributed by atoms with Crippen molar-refractivity contribution in [2.75, 3.05) is 6.61 Å². The fourth-order valence-electron chi connectivity index (χ4n) is 2.86. The van der Waals surface area contributed by atoms with Crippen molar-refractivity contribution in [1.82, 2.24) is 4.90 Å². The summed E-state index contributed by atoms with van der Waals surface area (Å²) in [6, 6.07) is 7.94. The Morgan fingerprint density at radius 1 is 1.45 bits per heavy atom. The average molecular weight is 276 g/mol. The molecule has 4 heteroatoms. The molecular formula is C16H24N2O2. The first kappa shape index (κ1) is 14.9. The minimum atomic E-state index is -0.145. The first-order chi connectivity index (χ1) is 9.58. The number of likely N-dealkylation sites (tertiary alicyclic amines) is 1. The van der Waals surface area contributed by atoms with E-state index in [4.69, 9.17) is 10.5 Å². The molecule has 110 valence electrons. The third kappa shape index (κ3) is 2.80. The van der Waals surface area contributed by atoms with Crippen LogP contribution in [0.1, 0.15) is 45.2 Å². The summed E-state index contributed by atoms with van der Waals surface area (Å²) in [5.41, 5.74) is 7.27. The largest absolute Gasteiger partial charge is 0.494 e. The van der Waals surface area contributed by atoms with Crippen molar-refractivity contribution in [1.29, 1.82) is 0 Å². The van der Waals surface area contributed by atoms with Crippen molar-refractivity contribution in [3.63, 3.8) is 0 Å². The highest BCUT2D eigenvalue weighted by Crippen LogP contribution is 2.35. The highest BCUT2D eigenvalue weighted by Gasteiger charge is 2.40. The second-order valence-electron chi connectivity index (χ2n) is 5.38. The third-order valence-corrected chi connectivity index (χ3v) is 3.98. The van der Waals surface area contributed by atoms with E-state index in [-0.39, 0.29) is 24.0 Å². The summed E-state index contributed by atoms with van der Waals surface area (Å²) in [6.07, 6.45) is 1.36. The van der Waals surface area contributed by atoms with Crippen LogP contribution >= 0.6 is 0 Å². The molecule has 0 bridgehead atoms. The van der Waals surface area contributed by atoms with Crippen LogP contribution < -0.4 is 10.5 Å². The van der Waals surface area contributed by atoms with Crippen LogP contribution in [0.5, 0.6) is 5.75 Å². The molecule has 1 aliphatic heterocycles. The summed E-state index contributed by atoms with van der Waals surface area (Å²) in [5.74, 6) is 0.985. The molecule has 0 aliphatic carbocycles. The number of nitrogens with zero attached hydrogens (tertiary/aromatic N) is 1. The second kappa shape index (κ2) is 6.27. The zero-order valence-corrected chi connectivity index (χ0v) is 12.5. The smallest absolute Gasteiger partial charge is 0.225 e. The minimum Gasteiger partial charge on any atom is -0.494 e. The molecule has 1 amide bonds.